The molecule has 1 fully saturated rings. The smallest absolute Gasteiger partial charge is 0.365 e. The number of aryl methyl sites for hydroxylation is 1. The number of hydrogen-bond donors (Lipinski definition) is 1. The predicted octanol–water partition coefficient (Wildman–Crippen LogP) is 2.75. The van der Waals surface area contributed by atoms with Crippen molar-refractivity contribution < 1.29 is 9.90 Å². The maximum absolute atomic E-state index is 10.8. The van der Waals surface area contributed by atoms with E-state index in [1.54, 1.807) is 0 Å². The standard InChI is InChI=1S/C11H15NO2S/c1-2-9-8(6-7-4-3-5-7)12-10(15-9)11(13)14/h7H,2-6H2,1H3,(H,13,14). The minimum atomic E-state index is -0.894. The Morgan fingerprint density at radius 2 is 2.33 bits per heavy atom. The summed E-state index contributed by atoms with van der Waals surface area (Å²) in [6, 6.07) is 0. The molecule has 3 nitrogen and oxygen atoms in total. The van der Waals surface area contributed by atoms with Crippen molar-refractivity contribution in [3.05, 3.63) is 15.6 Å². The van der Waals surface area contributed by atoms with Crippen LogP contribution in [0.25, 0.3) is 0 Å². The number of aromatic nitrogens is 1. The van der Waals surface area contributed by atoms with Crippen LogP contribution in [-0.4, -0.2) is 16.1 Å². The summed E-state index contributed by atoms with van der Waals surface area (Å²) in [5, 5.41) is 9.12. The molecule has 0 spiro atoms. The Hall–Kier alpha value is -0.900. The zero-order valence-corrected chi connectivity index (χ0v) is 9.64. The highest BCUT2D eigenvalue weighted by atomic mass is 32.1. The van der Waals surface area contributed by atoms with Crippen LogP contribution in [0.3, 0.4) is 0 Å². The van der Waals surface area contributed by atoms with Crippen molar-refractivity contribution in [2.45, 2.75) is 39.0 Å². The van der Waals surface area contributed by atoms with Crippen molar-refractivity contribution in [3.8, 4) is 0 Å². The molecule has 0 radical (unpaired) electrons. The summed E-state index contributed by atoms with van der Waals surface area (Å²) >= 11 is 1.33. The molecule has 0 atom stereocenters. The molecule has 0 amide bonds. The number of carboxylic acids is 1. The molecular weight excluding hydrogens is 210 g/mol. The van der Waals surface area contributed by atoms with Crippen LogP contribution in [0, 0.1) is 5.92 Å². The van der Waals surface area contributed by atoms with Crippen LogP contribution in [0.1, 0.15) is 46.6 Å². The second-order valence-electron chi connectivity index (χ2n) is 4.05. The SMILES string of the molecule is CCc1sc(C(=O)O)nc1CC1CCC1. The van der Waals surface area contributed by atoms with Gasteiger partial charge >= 0.3 is 5.97 Å². The molecule has 0 aliphatic heterocycles. The molecule has 1 aromatic heterocycles. The summed E-state index contributed by atoms with van der Waals surface area (Å²) < 4.78 is 0. The molecule has 0 bridgehead atoms. The molecule has 1 N–H and O–H groups in total. The first-order chi connectivity index (χ1) is 7.20. The van der Waals surface area contributed by atoms with E-state index in [0.717, 1.165) is 29.3 Å². The van der Waals surface area contributed by atoms with E-state index < -0.39 is 5.97 Å². The van der Waals surface area contributed by atoms with Crippen LogP contribution in [0.15, 0.2) is 0 Å². The lowest BCUT2D eigenvalue weighted by atomic mass is 9.82. The number of rotatable bonds is 4. The fourth-order valence-corrected chi connectivity index (χ4v) is 2.75. The third-order valence-corrected chi connectivity index (χ3v) is 4.22. The second-order valence-corrected chi connectivity index (χ2v) is 5.13. The Bertz CT molecular complexity index is 369. The summed E-state index contributed by atoms with van der Waals surface area (Å²) in [7, 11) is 0. The normalized spacial score (nSPS) is 16.3. The maximum atomic E-state index is 10.8. The third-order valence-electron chi connectivity index (χ3n) is 2.99. The van der Waals surface area contributed by atoms with Gasteiger partial charge in [0.25, 0.3) is 0 Å². The van der Waals surface area contributed by atoms with Gasteiger partial charge in [-0.2, -0.15) is 0 Å². The minimum absolute atomic E-state index is 0.251. The van der Waals surface area contributed by atoms with E-state index in [-0.39, 0.29) is 5.01 Å². The Kier molecular flexibility index (Phi) is 3.05. The molecule has 2 rings (SSSR count). The molecule has 15 heavy (non-hydrogen) atoms. The summed E-state index contributed by atoms with van der Waals surface area (Å²) in [6.45, 7) is 2.06. The Morgan fingerprint density at radius 3 is 2.80 bits per heavy atom. The van der Waals surface area contributed by atoms with Crippen molar-refractivity contribution in [3.63, 3.8) is 0 Å². The molecule has 4 heteroatoms. The first kappa shape index (κ1) is 10.6. The van der Waals surface area contributed by atoms with Gasteiger partial charge in [-0.25, -0.2) is 9.78 Å². The molecule has 1 aromatic rings. The van der Waals surface area contributed by atoms with Crippen molar-refractivity contribution in [2.75, 3.05) is 0 Å². The van der Waals surface area contributed by atoms with E-state index in [1.807, 2.05) is 0 Å². The van der Waals surface area contributed by atoms with E-state index in [4.69, 9.17) is 5.11 Å². The van der Waals surface area contributed by atoms with Gasteiger partial charge in [0.15, 0.2) is 0 Å². The Morgan fingerprint density at radius 1 is 1.60 bits per heavy atom. The zero-order chi connectivity index (χ0) is 10.8. The molecule has 0 saturated heterocycles. The van der Waals surface area contributed by atoms with Crippen LogP contribution in [0.4, 0.5) is 0 Å². The number of nitrogens with zero attached hydrogens (tertiary/aromatic N) is 1. The van der Waals surface area contributed by atoms with Gasteiger partial charge in [-0.05, 0) is 18.8 Å². The van der Waals surface area contributed by atoms with Gasteiger partial charge in [0.1, 0.15) is 0 Å². The highest BCUT2D eigenvalue weighted by Crippen LogP contribution is 2.32. The van der Waals surface area contributed by atoms with Gasteiger partial charge in [-0.15, -0.1) is 11.3 Å². The molecule has 1 heterocycles. The van der Waals surface area contributed by atoms with Gasteiger partial charge in [-0.3, -0.25) is 0 Å². The summed E-state index contributed by atoms with van der Waals surface area (Å²) in [6.07, 6.45) is 5.76. The maximum Gasteiger partial charge on any atom is 0.365 e. The van der Waals surface area contributed by atoms with Crippen LogP contribution in [-0.2, 0) is 12.8 Å². The van der Waals surface area contributed by atoms with E-state index >= 15 is 0 Å². The second kappa shape index (κ2) is 4.31. The summed E-state index contributed by atoms with van der Waals surface area (Å²) in [4.78, 5) is 16.2. The lowest BCUT2D eigenvalue weighted by molar-refractivity contribution is 0.0696. The molecule has 0 unspecified atom stereocenters. The van der Waals surface area contributed by atoms with Crippen LogP contribution in [0.5, 0.6) is 0 Å². The van der Waals surface area contributed by atoms with Gasteiger partial charge in [0.05, 0.1) is 5.69 Å². The van der Waals surface area contributed by atoms with E-state index in [2.05, 4.69) is 11.9 Å². The fraction of sp³-hybridized carbons (Fsp3) is 0.636. The zero-order valence-electron chi connectivity index (χ0n) is 8.82. The van der Waals surface area contributed by atoms with Crippen LogP contribution < -0.4 is 0 Å². The third kappa shape index (κ3) is 2.20. The van der Waals surface area contributed by atoms with E-state index in [0.29, 0.717) is 0 Å². The summed E-state index contributed by atoms with van der Waals surface area (Å²) in [5.74, 6) is -0.145. The highest BCUT2D eigenvalue weighted by Gasteiger charge is 2.22. The summed E-state index contributed by atoms with van der Waals surface area (Å²) in [5.41, 5.74) is 1.03. The Labute approximate surface area is 93.2 Å². The minimum Gasteiger partial charge on any atom is -0.476 e. The number of aromatic carboxylic acids is 1. The van der Waals surface area contributed by atoms with Crippen LogP contribution >= 0.6 is 11.3 Å². The van der Waals surface area contributed by atoms with Crippen molar-refractivity contribution >= 4 is 17.3 Å². The van der Waals surface area contributed by atoms with Crippen molar-refractivity contribution in [1.29, 1.82) is 0 Å². The first-order valence-corrected chi connectivity index (χ1v) is 6.24. The quantitative estimate of drug-likeness (QED) is 0.857. The molecule has 1 saturated carbocycles. The van der Waals surface area contributed by atoms with Crippen molar-refractivity contribution in [1.82, 2.24) is 4.98 Å². The lowest BCUT2D eigenvalue weighted by Crippen LogP contribution is -2.14. The van der Waals surface area contributed by atoms with Crippen molar-refractivity contribution in [2.24, 2.45) is 5.92 Å². The van der Waals surface area contributed by atoms with Gasteiger partial charge < -0.3 is 5.11 Å². The van der Waals surface area contributed by atoms with Gasteiger partial charge in [0, 0.05) is 4.88 Å². The van der Waals surface area contributed by atoms with E-state index in [1.165, 1.54) is 30.6 Å². The van der Waals surface area contributed by atoms with E-state index in [9.17, 15) is 4.79 Å². The van der Waals surface area contributed by atoms with Gasteiger partial charge in [-0.1, -0.05) is 26.2 Å². The average molecular weight is 225 g/mol. The lowest BCUT2D eigenvalue weighted by Gasteiger charge is -2.24. The van der Waals surface area contributed by atoms with Crippen LogP contribution in [0.2, 0.25) is 0 Å². The molecule has 1 aliphatic carbocycles. The fourth-order valence-electron chi connectivity index (χ4n) is 1.88. The Balaban J connectivity index is 2.16. The number of thiazole rings is 1. The largest absolute Gasteiger partial charge is 0.476 e. The van der Waals surface area contributed by atoms with Gasteiger partial charge in [0.2, 0.25) is 5.01 Å². The predicted molar refractivity (Wildman–Crippen MR) is 59.5 cm³/mol. The topological polar surface area (TPSA) is 50.2 Å². The molecule has 0 aromatic carbocycles. The number of hydrogen-bond acceptors (Lipinski definition) is 3. The first-order valence-electron chi connectivity index (χ1n) is 5.42. The number of carbonyl (C=O) groups is 1. The average Bonchev–Trinajstić information content (AvgIpc) is 2.54. The monoisotopic (exact) mass is 225 g/mol. The highest BCUT2D eigenvalue weighted by molar-refractivity contribution is 7.13. The number of carboxylic acid groups (broad SMARTS) is 1. The molecule has 1 aliphatic rings. The molecular formula is C11H15NO2S. The molecule has 82 valence electrons.